The standard InChI is InChI=1S/C19H17BrN4O2S/c20-15-6-8-16(9-7-15)24-11-10-21-19(24)27-13-17(25)23-18(26)22-12-14-4-2-1-3-5-14/h1-11H,12-13H2,(H2,22,23,25,26). The van der Waals surface area contributed by atoms with Gasteiger partial charge >= 0.3 is 6.03 Å². The van der Waals surface area contributed by atoms with Gasteiger partial charge in [-0.3, -0.25) is 14.7 Å². The SMILES string of the molecule is O=C(CSc1nccn1-c1ccc(Br)cc1)NC(=O)NCc1ccccc1. The minimum atomic E-state index is -0.513. The second kappa shape index (κ2) is 9.38. The van der Waals surface area contributed by atoms with Crippen LogP contribution in [0.25, 0.3) is 5.69 Å². The van der Waals surface area contributed by atoms with Crippen molar-refractivity contribution in [2.45, 2.75) is 11.7 Å². The Labute approximate surface area is 169 Å². The summed E-state index contributed by atoms with van der Waals surface area (Å²) in [6, 6.07) is 16.8. The third-order valence-corrected chi connectivity index (χ3v) is 5.09. The largest absolute Gasteiger partial charge is 0.334 e. The second-order valence-electron chi connectivity index (χ2n) is 5.56. The van der Waals surface area contributed by atoms with Gasteiger partial charge in [-0.1, -0.05) is 58.0 Å². The van der Waals surface area contributed by atoms with Crippen molar-refractivity contribution in [3.05, 3.63) is 77.0 Å². The molecule has 1 aromatic heterocycles. The summed E-state index contributed by atoms with van der Waals surface area (Å²) in [6.07, 6.45) is 3.50. The van der Waals surface area contributed by atoms with E-state index in [1.807, 2.05) is 65.4 Å². The van der Waals surface area contributed by atoms with Gasteiger partial charge in [0.05, 0.1) is 5.75 Å². The Bertz CT molecular complexity index is 913. The molecule has 0 fully saturated rings. The molecule has 0 spiro atoms. The van der Waals surface area contributed by atoms with Crippen LogP contribution in [0.4, 0.5) is 4.79 Å². The molecule has 0 saturated heterocycles. The summed E-state index contributed by atoms with van der Waals surface area (Å²) in [6.45, 7) is 0.362. The van der Waals surface area contributed by atoms with Crippen LogP contribution in [0.1, 0.15) is 5.56 Å². The van der Waals surface area contributed by atoms with Crippen molar-refractivity contribution in [3.8, 4) is 5.69 Å². The van der Waals surface area contributed by atoms with E-state index in [4.69, 9.17) is 0 Å². The Kier molecular flexibility index (Phi) is 6.67. The lowest BCUT2D eigenvalue weighted by Gasteiger charge is -2.08. The fourth-order valence-electron chi connectivity index (χ4n) is 2.31. The lowest BCUT2D eigenvalue weighted by molar-refractivity contribution is -0.117. The molecule has 0 saturated carbocycles. The van der Waals surface area contributed by atoms with Crippen molar-refractivity contribution in [1.29, 1.82) is 0 Å². The molecule has 8 heteroatoms. The maximum Gasteiger partial charge on any atom is 0.321 e. The minimum Gasteiger partial charge on any atom is -0.334 e. The quantitative estimate of drug-likeness (QED) is 0.567. The molecule has 2 N–H and O–H groups in total. The molecule has 0 aliphatic carbocycles. The number of urea groups is 1. The third kappa shape index (κ3) is 5.70. The first-order valence-electron chi connectivity index (χ1n) is 8.15. The Morgan fingerprint density at radius 2 is 1.81 bits per heavy atom. The number of rotatable bonds is 6. The van der Waals surface area contributed by atoms with Crippen molar-refractivity contribution in [3.63, 3.8) is 0 Å². The summed E-state index contributed by atoms with van der Waals surface area (Å²) in [5, 5.41) is 5.66. The molecule has 3 rings (SSSR count). The number of benzene rings is 2. The predicted octanol–water partition coefficient (Wildman–Crippen LogP) is 3.75. The highest BCUT2D eigenvalue weighted by Gasteiger charge is 2.11. The first-order chi connectivity index (χ1) is 13.1. The van der Waals surface area contributed by atoms with Gasteiger partial charge in [-0.2, -0.15) is 0 Å². The molecule has 0 unspecified atom stereocenters. The lowest BCUT2D eigenvalue weighted by Crippen LogP contribution is -2.39. The van der Waals surface area contributed by atoms with Crippen LogP contribution in [0.15, 0.2) is 76.6 Å². The van der Waals surface area contributed by atoms with Gasteiger partial charge in [-0.25, -0.2) is 9.78 Å². The number of aromatic nitrogens is 2. The van der Waals surface area contributed by atoms with Crippen LogP contribution in [0, 0.1) is 0 Å². The maximum atomic E-state index is 12.0. The highest BCUT2D eigenvalue weighted by atomic mass is 79.9. The van der Waals surface area contributed by atoms with Gasteiger partial charge in [-0.05, 0) is 29.8 Å². The Morgan fingerprint density at radius 3 is 2.56 bits per heavy atom. The fraction of sp³-hybridized carbons (Fsp3) is 0.105. The number of thioether (sulfide) groups is 1. The summed E-state index contributed by atoms with van der Waals surface area (Å²) < 4.78 is 2.88. The van der Waals surface area contributed by atoms with Gasteiger partial charge in [0.15, 0.2) is 5.16 Å². The van der Waals surface area contributed by atoms with Crippen LogP contribution in [0.3, 0.4) is 0 Å². The van der Waals surface area contributed by atoms with Crippen LogP contribution in [-0.2, 0) is 11.3 Å². The maximum absolute atomic E-state index is 12.0. The first-order valence-corrected chi connectivity index (χ1v) is 9.93. The number of imidazole rings is 1. The Morgan fingerprint density at radius 1 is 1.07 bits per heavy atom. The zero-order chi connectivity index (χ0) is 19.1. The lowest BCUT2D eigenvalue weighted by atomic mass is 10.2. The van der Waals surface area contributed by atoms with E-state index >= 15 is 0 Å². The summed E-state index contributed by atoms with van der Waals surface area (Å²) in [5.41, 5.74) is 1.91. The van der Waals surface area contributed by atoms with Crippen molar-refractivity contribution in [2.75, 3.05) is 5.75 Å². The summed E-state index contributed by atoms with van der Waals surface area (Å²) >= 11 is 4.67. The van der Waals surface area contributed by atoms with E-state index in [-0.39, 0.29) is 11.7 Å². The van der Waals surface area contributed by atoms with Gasteiger partial charge in [0.2, 0.25) is 5.91 Å². The van der Waals surface area contributed by atoms with Crippen LogP contribution >= 0.6 is 27.7 Å². The third-order valence-electron chi connectivity index (χ3n) is 3.59. The molecule has 0 aliphatic rings. The van der Waals surface area contributed by atoms with Gasteiger partial charge in [0.25, 0.3) is 0 Å². The number of halogens is 1. The number of hydrogen-bond acceptors (Lipinski definition) is 4. The molecule has 27 heavy (non-hydrogen) atoms. The summed E-state index contributed by atoms with van der Waals surface area (Å²) in [5.74, 6) is -0.289. The monoisotopic (exact) mass is 444 g/mol. The fourth-order valence-corrected chi connectivity index (χ4v) is 3.35. The molecule has 3 amide bonds. The van der Waals surface area contributed by atoms with Gasteiger partial charge in [0, 0.05) is 29.1 Å². The van der Waals surface area contributed by atoms with Gasteiger partial charge in [-0.15, -0.1) is 0 Å². The van der Waals surface area contributed by atoms with E-state index in [0.717, 1.165) is 15.7 Å². The van der Waals surface area contributed by atoms with Crippen LogP contribution in [0.5, 0.6) is 0 Å². The molecule has 0 atom stereocenters. The average Bonchev–Trinajstić information content (AvgIpc) is 3.15. The zero-order valence-corrected chi connectivity index (χ0v) is 16.7. The number of hydrogen-bond donors (Lipinski definition) is 2. The van der Waals surface area contributed by atoms with E-state index < -0.39 is 6.03 Å². The first kappa shape index (κ1) is 19.2. The summed E-state index contributed by atoms with van der Waals surface area (Å²) in [7, 11) is 0. The molecule has 138 valence electrons. The highest BCUT2D eigenvalue weighted by molar-refractivity contribution is 9.10. The van der Waals surface area contributed by atoms with E-state index in [1.54, 1.807) is 6.20 Å². The molecule has 1 heterocycles. The number of nitrogens with zero attached hydrogens (tertiary/aromatic N) is 2. The van der Waals surface area contributed by atoms with Crippen molar-refractivity contribution in [1.82, 2.24) is 20.2 Å². The van der Waals surface area contributed by atoms with Crippen LogP contribution in [-0.4, -0.2) is 27.2 Å². The number of amides is 3. The van der Waals surface area contributed by atoms with Crippen LogP contribution < -0.4 is 10.6 Å². The summed E-state index contributed by atoms with van der Waals surface area (Å²) in [4.78, 5) is 28.1. The van der Waals surface area contributed by atoms with Crippen molar-refractivity contribution in [2.24, 2.45) is 0 Å². The molecule has 6 nitrogen and oxygen atoms in total. The highest BCUT2D eigenvalue weighted by Crippen LogP contribution is 2.21. The predicted molar refractivity (Wildman–Crippen MR) is 109 cm³/mol. The number of nitrogens with one attached hydrogen (secondary N) is 2. The van der Waals surface area contributed by atoms with E-state index in [2.05, 4.69) is 31.5 Å². The van der Waals surface area contributed by atoms with Crippen molar-refractivity contribution >= 4 is 39.6 Å². The molecular formula is C19H17BrN4O2S. The molecule has 0 radical (unpaired) electrons. The van der Waals surface area contributed by atoms with Crippen LogP contribution in [0.2, 0.25) is 0 Å². The second-order valence-corrected chi connectivity index (χ2v) is 7.42. The molecule has 0 bridgehead atoms. The molecule has 3 aromatic rings. The topological polar surface area (TPSA) is 76.0 Å². The van der Waals surface area contributed by atoms with E-state index in [9.17, 15) is 9.59 Å². The number of carbonyl (C=O) groups excluding carboxylic acids is 2. The zero-order valence-electron chi connectivity index (χ0n) is 14.3. The number of carbonyl (C=O) groups is 2. The number of imide groups is 1. The molecule has 0 aliphatic heterocycles. The Hall–Kier alpha value is -2.58. The van der Waals surface area contributed by atoms with E-state index in [0.29, 0.717) is 11.7 Å². The molecule has 2 aromatic carbocycles. The van der Waals surface area contributed by atoms with E-state index in [1.165, 1.54) is 11.8 Å². The average molecular weight is 445 g/mol. The van der Waals surface area contributed by atoms with Gasteiger partial charge in [0.1, 0.15) is 0 Å². The smallest absolute Gasteiger partial charge is 0.321 e. The normalized spacial score (nSPS) is 10.4. The Balaban J connectivity index is 1.49. The van der Waals surface area contributed by atoms with Crippen molar-refractivity contribution < 1.29 is 9.59 Å². The molecular weight excluding hydrogens is 428 g/mol. The van der Waals surface area contributed by atoms with Gasteiger partial charge < -0.3 is 5.32 Å². The minimum absolute atomic E-state index is 0.0896.